The summed E-state index contributed by atoms with van der Waals surface area (Å²) in [5.74, 6) is -1.98. The topological polar surface area (TPSA) is 68.3 Å². The maximum atomic E-state index is 12.3. The van der Waals surface area contributed by atoms with Gasteiger partial charge in [-0.25, -0.2) is 0 Å². The van der Waals surface area contributed by atoms with Crippen LogP contribution < -0.4 is 0 Å². The van der Waals surface area contributed by atoms with E-state index in [0.717, 1.165) is 9.79 Å². The third-order valence-electron chi connectivity index (χ3n) is 5.69. The molecule has 0 saturated carbocycles. The summed E-state index contributed by atoms with van der Waals surface area (Å²) in [6.45, 7) is 0. The average Bonchev–Trinajstić information content (AvgIpc) is 3.02. The van der Waals surface area contributed by atoms with Crippen LogP contribution >= 0.6 is 23.4 Å². The maximum absolute atomic E-state index is 12.3. The van der Waals surface area contributed by atoms with Gasteiger partial charge in [-0.3, -0.25) is 19.2 Å². The molecule has 5 rings (SSSR count). The van der Waals surface area contributed by atoms with Crippen LogP contribution in [-0.4, -0.2) is 23.1 Å². The summed E-state index contributed by atoms with van der Waals surface area (Å²) in [6, 6.07) is 40.5. The highest BCUT2D eigenvalue weighted by molar-refractivity contribution is 7.99. The van der Waals surface area contributed by atoms with Gasteiger partial charge in [0.15, 0.2) is 0 Å². The van der Waals surface area contributed by atoms with E-state index in [1.807, 2.05) is 48.5 Å². The van der Waals surface area contributed by atoms with Crippen LogP contribution in [0.2, 0.25) is 5.02 Å². The van der Waals surface area contributed by atoms with Gasteiger partial charge in [0.2, 0.25) is 23.1 Å². The number of hydrogen-bond donors (Lipinski definition) is 0. The van der Waals surface area contributed by atoms with Crippen LogP contribution in [0.3, 0.4) is 0 Å². The van der Waals surface area contributed by atoms with Crippen LogP contribution in [0, 0.1) is 0 Å². The van der Waals surface area contributed by atoms with Gasteiger partial charge >= 0.3 is 0 Å². The van der Waals surface area contributed by atoms with Gasteiger partial charge in [0.25, 0.3) is 0 Å². The fourth-order valence-electron chi connectivity index (χ4n) is 3.60. The van der Waals surface area contributed by atoms with Gasteiger partial charge < -0.3 is 0 Å². The Labute approximate surface area is 241 Å². The first-order valence-corrected chi connectivity index (χ1v) is 13.5. The van der Waals surface area contributed by atoms with Crippen LogP contribution in [0.4, 0.5) is 0 Å². The van der Waals surface area contributed by atoms with Crippen molar-refractivity contribution in [3.05, 3.63) is 167 Å². The number of ketones is 4. The molecule has 0 unspecified atom stereocenters. The van der Waals surface area contributed by atoms with Crippen molar-refractivity contribution in [3.8, 4) is 0 Å². The Kier molecular flexibility index (Phi) is 9.94. The van der Waals surface area contributed by atoms with E-state index < -0.39 is 23.1 Å². The van der Waals surface area contributed by atoms with Crippen molar-refractivity contribution < 1.29 is 19.2 Å². The number of rotatable bonds is 8. The molecule has 0 bridgehead atoms. The Balaban J connectivity index is 0.000000194. The van der Waals surface area contributed by atoms with Gasteiger partial charge in [-0.1, -0.05) is 102 Å². The first-order valence-electron chi connectivity index (χ1n) is 12.3. The fraction of sp³-hybridized carbons (Fsp3) is 0. The Morgan fingerprint density at radius 3 is 1.07 bits per heavy atom. The fourth-order valence-corrected chi connectivity index (χ4v) is 4.57. The van der Waals surface area contributed by atoms with E-state index in [0.29, 0.717) is 27.3 Å². The Hall–Kier alpha value is -4.58. The second kappa shape index (κ2) is 14.0. The van der Waals surface area contributed by atoms with Gasteiger partial charge in [0.1, 0.15) is 0 Å². The van der Waals surface area contributed by atoms with Crippen molar-refractivity contribution in [2.45, 2.75) is 9.79 Å². The van der Waals surface area contributed by atoms with E-state index in [1.54, 1.807) is 103 Å². The summed E-state index contributed by atoms with van der Waals surface area (Å²) >= 11 is 7.33. The molecule has 0 aromatic heterocycles. The van der Waals surface area contributed by atoms with Gasteiger partial charge in [0, 0.05) is 37.1 Å². The van der Waals surface area contributed by atoms with E-state index in [1.165, 1.54) is 0 Å². The maximum Gasteiger partial charge on any atom is 0.233 e. The lowest BCUT2D eigenvalue weighted by Gasteiger charge is -2.04. The van der Waals surface area contributed by atoms with E-state index in [4.69, 9.17) is 11.6 Å². The minimum absolute atomic E-state index is 0.350. The third-order valence-corrected chi connectivity index (χ3v) is 6.95. The molecule has 5 aromatic rings. The van der Waals surface area contributed by atoms with E-state index in [-0.39, 0.29) is 0 Å². The van der Waals surface area contributed by atoms with Crippen molar-refractivity contribution >= 4 is 46.5 Å². The van der Waals surface area contributed by atoms with Crippen molar-refractivity contribution in [2.24, 2.45) is 0 Å². The number of Topliss-reactive ketones (excluding diaryl/α,β-unsaturated/α-hetero) is 4. The molecule has 0 saturated heterocycles. The smallest absolute Gasteiger partial charge is 0.233 e. The molecule has 0 fully saturated rings. The summed E-state index contributed by atoms with van der Waals surface area (Å²) in [4.78, 5) is 50.3. The van der Waals surface area contributed by atoms with Crippen molar-refractivity contribution in [2.75, 3.05) is 0 Å². The monoisotopic (exact) mass is 562 g/mol. The molecule has 0 aliphatic rings. The molecule has 0 aliphatic carbocycles. The molecule has 0 amide bonds. The zero-order valence-corrected chi connectivity index (χ0v) is 22.8. The van der Waals surface area contributed by atoms with Crippen molar-refractivity contribution in [1.29, 1.82) is 0 Å². The van der Waals surface area contributed by atoms with Gasteiger partial charge in [-0.2, -0.15) is 0 Å². The highest BCUT2D eigenvalue weighted by atomic mass is 35.5. The molecule has 0 heterocycles. The summed E-state index contributed by atoms with van der Waals surface area (Å²) < 4.78 is 0. The lowest BCUT2D eigenvalue weighted by Crippen LogP contribution is -2.14. The van der Waals surface area contributed by atoms with Crippen molar-refractivity contribution in [3.63, 3.8) is 0 Å². The third kappa shape index (κ3) is 7.73. The molecule has 0 spiro atoms. The first kappa shape index (κ1) is 28.4. The van der Waals surface area contributed by atoms with Crippen LogP contribution in [-0.2, 0) is 0 Å². The Bertz CT molecular complexity index is 1600. The first-order chi connectivity index (χ1) is 19.4. The van der Waals surface area contributed by atoms with Crippen LogP contribution in [0.15, 0.2) is 149 Å². The molecule has 6 heteroatoms. The summed E-state index contributed by atoms with van der Waals surface area (Å²) in [5.41, 5.74) is 1.58. The number of carbonyl (C=O) groups excluding carboxylic acids is 4. The number of halogens is 1. The minimum atomic E-state index is -0.520. The zero-order chi connectivity index (χ0) is 28.3. The standard InChI is InChI=1S/C20H14O2S.C14H9ClO2/c21-19(15-7-3-1-4-8-15)20(22)16-11-13-18(14-12-16)23-17-9-5-2-6-10-17;15-12-8-6-11(7-9-12)14(17)13(16)10-4-2-1-3-5-10/h1-14H;1-9H. The molecule has 196 valence electrons. The number of hydrogen-bond acceptors (Lipinski definition) is 5. The number of benzene rings is 5. The lowest BCUT2D eigenvalue weighted by atomic mass is 10.0. The second-order valence-electron chi connectivity index (χ2n) is 8.49. The summed E-state index contributed by atoms with van der Waals surface area (Å²) in [6.07, 6.45) is 0. The molecule has 40 heavy (non-hydrogen) atoms. The minimum Gasteiger partial charge on any atom is -0.285 e. The van der Waals surface area contributed by atoms with Gasteiger partial charge in [-0.15, -0.1) is 0 Å². The van der Waals surface area contributed by atoms with Gasteiger partial charge in [-0.05, 0) is 60.7 Å². The normalized spacial score (nSPS) is 10.1. The van der Waals surface area contributed by atoms with E-state index in [9.17, 15) is 19.2 Å². The summed E-state index contributed by atoms with van der Waals surface area (Å²) in [5, 5.41) is 0.536. The van der Waals surface area contributed by atoms with Crippen molar-refractivity contribution in [1.82, 2.24) is 0 Å². The molecule has 5 aromatic carbocycles. The highest BCUT2D eigenvalue weighted by Crippen LogP contribution is 2.27. The summed E-state index contributed by atoms with van der Waals surface area (Å²) in [7, 11) is 0. The quantitative estimate of drug-likeness (QED) is 0.140. The van der Waals surface area contributed by atoms with Crippen LogP contribution in [0.5, 0.6) is 0 Å². The molecule has 4 nitrogen and oxygen atoms in total. The van der Waals surface area contributed by atoms with Crippen LogP contribution in [0.1, 0.15) is 41.4 Å². The average molecular weight is 563 g/mol. The molecule has 0 N–H and O–H groups in total. The van der Waals surface area contributed by atoms with E-state index in [2.05, 4.69) is 0 Å². The molecule has 0 aliphatic heterocycles. The van der Waals surface area contributed by atoms with Crippen LogP contribution in [0.25, 0.3) is 0 Å². The second-order valence-corrected chi connectivity index (χ2v) is 10.1. The van der Waals surface area contributed by atoms with E-state index >= 15 is 0 Å². The highest BCUT2D eigenvalue weighted by Gasteiger charge is 2.18. The SMILES string of the molecule is O=C(C(=O)c1ccc(Cl)cc1)c1ccccc1.O=C(C(=O)c1ccc(Sc2ccccc2)cc1)c1ccccc1. The molecular formula is C34H23ClO4S. The lowest BCUT2D eigenvalue weighted by molar-refractivity contribution is 0.0817. The number of carbonyl (C=O) groups is 4. The van der Waals surface area contributed by atoms with Gasteiger partial charge in [0.05, 0.1) is 0 Å². The predicted octanol–water partition coefficient (Wildman–Crippen LogP) is 8.31. The molecular weight excluding hydrogens is 540 g/mol. The molecule has 0 radical (unpaired) electrons. The Morgan fingerprint density at radius 2 is 0.675 bits per heavy atom. The Morgan fingerprint density at radius 1 is 0.375 bits per heavy atom. The largest absolute Gasteiger partial charge is 0.285 e. The zero-order valence-electron chi connectivity index (χ0n) is 21.2. The molecule has 0 atom stereocenters. The predicted molar refractivity (Wildman–Crippen MR) is 159 cm³/mol.